The Kier molecular flexibility index (Phi) is 3.61. The second kappa shape index (κ2) is 5.30. The fourth-order valence-corrected chi connectivity index (χ4v) is 2.62. The van der Waals surface area contributed by atoms with E-state index in [4.69, 9.17) is 20.8 Å². The Bertz CT molecular complexity index is 704. The summed E-state index contributed by atoms with van der Waals surface area (Å²) < 4.78 is 36.6. The van der Waals surface area contributed by atoms with Gasteiger partial charge >= 0.3 is 5.97 Å². The van der Waals surface area contributed by atoms with Crippen LogP contribution in [0.1, 0.15) is 53.8 Å². The first-order valence-electron chi connectivity index (χ1n) is 6.74. The Balaban J connectivity index is 2.19. The highest BCUT2D eigenvalue weighted by Crippen LogP contribution is 2.45. The second-order valence-corrected chi connectivity index (χ2v) is 5.41. The summed E-state index contributed by atoms with van der Waals surface area (Å²) in [6, 6.07) is 3.17. The minimum atomic E-state index is -2.69. The summed E-state index contributed by atoms with van der Waals surface area (Å²) in [6.45, 7) is 1.80. The Morgan fingerprint density at radius 1 is 1.48 bits per heavy atom. The van der Waals surface area contributed by atoms with Crippen molar-refractivity contribution in [1.82, 2.24) is 0 Å². The number of hydrogen-bond donors (Lipinski definition) is 0. The van der Waals surface area contributed by atoms with Gasteiger partial charge in [0.25, 0.3) is 6.43 Å². The molecule has 0 radical (unpaired) electrons. The molecular formula is C15H13ClF2O3. The number of alkyl halides is 2. The topological polar surface area (TPSA) is 39.4 Å². The van der Waals surface area contributed by atoms with Gasteiger partial charge in [-0.3, -0.25) is 0 Å². The molecule has 0 bridgehead atoms. The second-order valence-electron chi connectivity index (χ2n) is 5.03. The number of carbonyl (C=O) groups is 1. The molecule has 1 aromatic carbocycles. The molecule has 1 fully saturated rings. The lowest BCUT2D eigenvalue weighted by atomic mass is 10.0. The van der Waals surface area contributed by atoms with Crippen LogP contribution in [0.4, 0.5) is 8.78 Å². The van der Waals surface area contributed by atoms with E-state index in [1.807, 2.05) is 0 Å². The number of fused-ring (bicyclic) bond motifs is 1. The number of hydrogen-bond acceptors (Lipinski definition) is 3. The third-order valence-corrected chi connectivity index (χ3v) is 3.90. The molecule has 0 saturated heterocycles. The summed E-state index contributed by atoms with van der Waals surface area (Å²) in [5, 5.41) is 0.382. The van der Waals surface area contributed by atoms with Gasteiger partial charge in [0.15, 0.2) is 0 Å². The van der Waals surface area contributed by atoms with Crippen molar-refractivity contribution in [2.24, 2.45) is 0 Å². The Morgan fingerprint density at radius 3 is 2.76 bits per heavy atom. The van der Waals surface area contributed by atoms with Gasteiger partial charge in [-0.15, -0.1) is 0 Å². The van der Waals surface area contributed by atoms with Gasteiger partial charge in [0, 0.05) is 5.39 Å². The minimum Gasteiger partial charge on any atom is -0.460 e. The number of esters is 1. The van der Waals surface area contributed by atoms with E-state index in [0.29, 0.717) is 11.3 Å². The zero-order valence-electron chi connectivity index (χ0n) is 11.3. The first kappa shape index (κ1) is 14.3. The largest absolute Gasteiger partial charge is 0.460 e. The van der Waals surface area contributed by atoms with Crippen LogP contribution >= 0.6 is 11.6 Å². The van der Waals surface area contributed by atoms with Crippen molar-refractivity contribution < 1.29 is 22.7 Å². The van der Waals surface area contributed by atoms with Gasteiger partial charge < -0.3 is 9.15 Å². The minimum absolute atomic E-state index is 0.0350. The van der Waals surface area contributed by atoms with Gasteiger partial charge in [0.05, 0.1) is 12.2 Å². The summed E-state index contributed by atoms with van der Waals surface area (Å²) in [6.07, 6.45) is -0.730. The highest BCUT2D eigenvalue weighted by molar-refractivity contribution is 6.38. The Hall–Kier alpha value is -1.62. The normalized spacial score (nSPS) is 14.9. The average molecular weight is 315 g/mol. The van der Waals surface area contributed by atoms with E-state index in [1.165, 1.54) is 6.07 Å². The van der Waals surface area contributed by atoms with E-state index < -0.39 is 12.4 Å². The van der Waals surface area contributed by atoms with Gasteiger partial charge in [-0.2, -0.15) is 0 Å². The first-order chi connectivity index (χ1) is 10.0. The molecule has 0 spiro atoms. The fraction of sp³-hybridized carbons (Fsp3) is 0.400. The smallest absolute Gasteiger partial charge is 0.375 e. The number of halogens is 3. The van der Waals surface area contributed by atoms with Gasteiger partial charge in [-0.1, -0.05) is 11.6 Å². The van der Waals surface area contributed by atoms with E-state index in [1.54, 1.807) is 13.0 Å². The molecule has 0 unspecified atom stereocenters. The van der Waals surface area contributed by atoms with Crippen LogP contribution in [0.5, 0.6) is 0 Å². The van der Waals surface area contributed by atoms with Crippen molar-refractivity contribution in [2.75, 3.05) is 6.61 Å². The average Bonchev–Trinajstić information content (AvgIpc) is 3.23. The fourth-order valence-electron chi connectivity index (χ4n) is 2.36. The third kappa shape index (κ3) is 2.50. The number of ether oxygens (including phenoxy) is 1. The predicted octanol–water partition coefficient (Wildman–Crippen LogP) is 5.08. The van der Waals surface area contributed by atoms with E-state index in [-0.39, 0.29) is 28.5 Å². The quantitative estimate of drug-likeness (QED) is 0.739. The van der Waals surface area contributed by atoms with Crippen LogP contribution in [0, 0.1) is 0 Å². The lowest BCUT2D eigenvalue weighted by Crippen LogP contribution is -2.03. The van der Waals surface area contributed by atoms with Crippen molar-refractivity contribution in [1.29, 1.82) is 0 Å². The molecule has 3 nitrogen and oxygen atoms in total. The van der Waals surface area contributed by atoms with Crippen molar-refractivity contribution >= 4 is 28.5 Å². The maximum atomic E-state index is 13.2. The van der Waals surface area contributed by atoms with Crippen LogP contribution in [0.3, 0.4) is 0 Å². The first-order valence-corrected chi connectivity index (χ1v) is 7.11. The van der Waals surface area contributed by atoms with E-state index >= 15 is 0 Å². The van der Waals surface area contributed by atoms with E-state index in [2.05, 4.69) is 0 Å². The summed E-state index contributed by atoms with van der Waals surface area (Å²) in [4.78, 5) is 11.8. The van der Waals surface area contributed by atoms with Crippen LogP contribution in [-0.4, -0.2) is 12.6 Å². The van der Waals surface area contributed by atoms with Crippen LogP contribution in [0.2, 0.25) is 5.02 Å². The summed E-state index contributed by atoms with van der Waals surface area (Å²) in [5.41, 5.74) is 0.546. The molecule has 2 aromatic rings. The van der Waals surface area contributed by atoms with Crippen molar-refractivity contribution in [3.8, 4) is 0 Å². The van der Waals surface area contributed by atoms with Gasteiger partial charge in [-0.05, 0) is 43.4 Å². The number of furan rings is 1. The molecule has 1 aliphatic rings. The Morgan fingerprint density at radius 2 is 2.19 bits per heavy atom. The SMILES string of the molecule is CCOC(=O)c1oc2c(C(F)F)cc(C3CC3)cc2c1Cl. The molecule has 3 rings (SSSR count). The van der Waals surface area contributed by atoms with Crippen molar-refractivity contribution in [2.45, 2.75) is 32.1 Å². The van der Waals surface area contributed by atoms with Gasteiger partial charge in [0.1, 0.15) is 10.6 Å². The maximum Gasteiger partial charge on any atom is 0.375 e. The number of carbonyl (C=O) groups excluding carboxylic acids is 1. The lowest BCUT2D eigenvalue weighted by molar-refractivity contribution is 0.0492. The molecule has 1 heterocycles. The van der Waals surface area contributed by atoms with Gasteiger partial charge in [-0.25, -0.2) is 13.6 Å². The molecule has 0 aliphatic heterocycles. The molecule has 112 valence electrons. The lowest BCUT2D eigenvalue weighted by Gasteiger charge is -2.05. The maximum absolute atomic E-state index is 13.2. The number of benzene rings is 1. The zero-order valence-corrected chi connectivity index (χ0v) is 12.0. The molecule has 0 amide bonds. The van der Waals surface area contributed by atoms with Crippen LogP contribution in [0.15, 0.2) is 16.5 Å². The summed E-state index contributed by atoms with van der Waals surface area (Å²) in [5.74, 6) is -0.667. The molecule has 21 heavy (non-hydrogen) atoms. The highest BCUT2D eigenvalue weighted by atomic mass is 35.5. The summed E-state index contributed by atoms with van der Waals surface area (Å²) in [7, 11) is 0. The molecule has 0 atom stereocenters. The standard InChI is InChI=1S/C15H13ClF2O3/c1-2-20-15(19)13-11(16)9-5-8(7-3-4-7)6-10(14(17)18)12(9)21-13/h5-7,14H,2-4H2,1H3. The third-order valence-electron chi connectivity index (χ3n) is 3.52. The molecular weight excluding hydrogens is 302 g/mol. The molecule has 1 aromatic heterocycles. The monoisotopic (exact) mass is 314 g/mol. The molecule has 6 heteroatoms. The van der Waals surface area contributed by atoms with Crippen LogP contribution in [0.25, 0.3) is 11.0 Å². The zero-order chi connectivity index (χ0) is 15.1. The van der Waals surface area contributed by atoms with Crippen molar-refractivity contribution in [3.63, 3.8) is 0 Å². The number of rotatable bonds is 4. The molecule has 1 saturated carbocycles. The van der Waals surface area contributed by atoms with E-state index in [9.17, 15) is 13.6 Å². The molecule has 0 N–H and O–H groups in total. The Labute approximate surface area is 124 Å². The van der Waals surface area contributed by atoms with Gasteiger partial charge in [0.2, 0.25) is 5.76 Å². The van der Waals surface area contributed by atoms with Crippen molar-refractivity contribution in [3.05, 3.63) is 34.0 Å². The summed E-state index contributed by atoms with van der Waals surface area (Å²) >= 11 is 6.12. The highest BCUT2D eigenvalue weighted by Gasteiger charge is 2.29. The predicted molar refractivity (Wildman–Crippen MR) is 74.1 cm³/mol. The van der Waals surface area contributed by atoms with Crippen LogP contribution in [-0.2, 0) is 4.74 Å². The van der Waals surface area contributed by atoms with E-state index in [0.717, 1.165) is 18.4 Å². The van der Waals surface area contributed by atoms with Crippen LogP contribution < -0.4 is 0 Å². The molecule has 1 aliphatic carbocycles.